The van der Waals surface area contributed by atoms with Gasteiger partial charge in [-0.2, -0.15) is 12.6 Å². The van der Waals surface area contributed by atoms with Crippen molar-refractivity contribution in [2.45, 2.75) is 20.8 Å². The zero-order chi connectivity index (χ0) is 15.5. The van der Waals surface area contributed by atoms with E-state index in [2.05, 4.69) is 65.3 Å². The van der Waals surface area contributed by atoms with Crippen LogP contribution in [0.2, 0.25) is 0 Å². The second-order valence-electron chi connectivity index (χ2n) is 5.55. The molecule has 1 aromatic rings. The fraction of sp³-hybridized carbons (Fsp3) is 0.538. The molecule has 4 nitrogen and oxygen atoms in total. The average molecular weight is 427 g/mol. The number of ether oxygens (including phenoxy) is 1. The van der Waals surface area contributed by atoms with Crippen molar-refractivity contribution in [3.05, 3.63) is 31.2 Å². The first-order valence-electron chi connectivity index (χ1n) is 6.04. The van der Waals surface area contributed by atoms with Gasteiger partial charge in [0.05, 0.1) is 20.5 Å². The Labute approximate surface area is 141 Å². The molecule has 0 aliphatic rings. The van der Waals surface area contributed by atoms with E-state index in [-0.39, 0.29) is 17.0 Å². The van der Waals surface area contributed by atoms with Crippen molar-refractivity contribution in [3.8, 4) is 5.75 Å². The normalized spacial score (nSPS) is 13.1. The molecule has 0 saturated heterocycles. The predicted octanol–water partition coefficient (Wildman–Crippen LogP) is 5.09. The monoisotopic (exact) mass is 425 g/mol. The van der Waals surface area contributed by atoms with Crippen molar-refractivity contribution in [1.82, 2.24) is 0 Å². The van der Waals surface area contributed by atoms with E-state index < -0.39 is 4.92 Å². The van der Waals surface area contributed by atoms with Gasteiger partial charge in [0.2, 0.25) is 0 Å². The van der Waals surface area contributed by atoms with Gasteiger partial charge in [-0.1, -0.05) is 20.8 Å². The van der Waals surface area contributed by atoms with Gasteiger partial charge in [0.1, 0.15) is 5.75 Å². The molecular weight excluding hydrogens is 410 g/mol. The predicted molar refractivity (Wildman–Crippen MR) is 90.8 cm³/mol. The molecule has 0 heterocycles. The number of rotatable bonds is 5. The molecule has 0 saturated carbocycles. The largest absolute Gasteiger partial charge is 0.491 e. The van der Waals surface area contributed by atoms with Gasteiger partial charge in [0.25, 0.3) is 5.69 Å². The van der Waals surface area contributed by atoms with E-state index in [9.17, 15) is 10.1 Å². The molecule has 1 rings (SSSR count). The lowest BCUT2D eigenvalue weighted by Crippen LogP contribution is -2.28. The Morgan fingerprint density at radius 2 is 1.85 bits per heavy atom. The number of hydrogen-bond donors (Lipinski definition) is 1. The van der Waals surface area contributed by atoms with Gasteiger partial charge < -0.3 is 4.74 Å². The quantitative estimate of drug-likeness (QED) is 0.405. The summed E-state index contributed by atoms with van der Waals surface area (Å²) in [5.41, 5.74) is 0.0965. The first-order chi connectivity index (χ1) is 9.16. The van der Waals surface area contributed by atoms with Crippen molar-refractivity contribution in [2.24, 2.45) is 11.3 Å². The third-order valence-corrected chi connectivity index (χ3v) is 4.69. The summed E-state index contributed by atoms with van der Waals surface area (Å²) in [5, 5.41) is 10.8. The highest BCUT2D eigenvalue weighted by atomic mass is 79.9. The second kappa shape index (κ2) is 7.13. The molecule has 20 heavy (non-hydrogen) atoms. The molecule has 0 bridgehead atoms. The Morgan fingerprint density at radius 1 is 1.35 bits per heavy atom. The highest BCUT2D eigenvalue weighted by Gasteiger charge is 2.25. The molecule has 0 radical (unpaired) electrons. The van der Waals surface area contributed by atoms with Gasteiger partial charge in [0, 0.05) is 18.1 Å². The molecule has 0 aliphatic heterocycles. The van der Waals surface area contributed by atoms with E-state index in [4.69, 9.17) is 4.74 Å². The Morgan fingerprint density at radius 3 is 2.20 bits per heavy atom. The lowest BCUT2D eigenvalue weighted by Gasteiger charge is -2.29. The Hall–Kier alpha value is -0.270. The van der Waals surface area contributed by atoms with E-state index in [1.807, 2.05) is 0 Å². The van der Waals surface area contributed by atoms with Crippen LogP contribution in [0.4, 0.5) is 5.69 Å². The molecule has 7 heteroatoms. The zero-order valence-electron chi connectivity index (χ0n) is 11.5. The Kier molecular flexibility index (Phi) is 6.34. The third kappa shape index (κ3) is 4.63. The minimum atomic E-state index is -0.440. The van der Waals surface area contributed by atoms with Crippen LogP contribution in [0.5, 0.6) is 5.75 Å². The third-order valence-electron chi connectivity index (χ3n) is 3.07. The maximum atomic E-state index is 10.8. The van der Waals surface area contributed by atoms with Gasteiger partial charge >= 0.3 is 0 Å². The van der Waals surface area contributed by atoms with Gasteiger partial charge in [-0.15, -0.1) is 0 Å². The van der Waals surface area contributed by atoms with Crippen molar-refractivity contribution < 1.29 is 9.66 Å². The summed E-state index contributed by atoms with van der Waals surface area (Å²) in [6, 6.07) is 2.87. The fourth-order valence-electron chi connectivity index (χ4n) is 1.55. The minimum Gasteiger partial charge on any atom is -0.491 e. The molecule has 1 unspecified atom stereocenters. The SMILES string of the molecule is CC(C)(C)C(CS)COc1c(Br)cc([N+](=O)[O-])cc1Br. The van der Waals surface area contributed by atoms with Crippen molar-refractivity contribution in [1.29, 1.82) is 0 Å². The molecule has 0 fully saturated rings. The van der Waals surface area contributed by atoms with Gasteiger partial charge in [0.15, 0.2) is 0 Å². The maximum absolute atomic E-state index is 10.8. The summed E-state index contributed by atoms with van der Waals surface area (Å²) in [7, 11) is 0. The summed E-state index contributed by atoms with van der Waals surface area (Å²) in [4.78, 5) is 10.3. The molecule has 1 aromatic carbocycles. The lowest BCUT2D eigenvalue weighted by atomic mass is 9.82. The van der Waals surface area contributed by atoms with Crippen LogP contribution >= 0.6 is 44.5 Å². The first kappa shape index (κ1) is 17.8. The summed E-state index contributed by atoms with van der Waals surface area (Å²) < 4.78 is 6.94. The summed E-state index contributed by atoms with van der Waals surface area (Å²) in [6.45, 7) is 6.91. The number of hydrogen-bond acceptors (Lipinski definition) is 4. The molecule has 112 valence electrons. The van der Waals surface area contributed by atoms with Crippen LogP contribution in [0.15, 0.2) is 21.1 Å². The van der Waals surface area contributed by atoms with E-state index in [1.54, 1.807) is 0 Å². The van der Waals surface area contributed by atoms with Crippen LogP contribution in [0.3, 0.4) is 0 Å². The number of non-ortho nitro benzene ring substituents is 1. The van der Waals surface area contributed by atoms with Gasteiger partial charge in [-0.25, -0.2) is 0 Å². The summed E-state index contributed by atoms with van der Waals surface area (Å²) in [6.07, 6.45) is 0. The fourth-order valence-corrected chi connectivity index (χ4v) is 3.59. The van der Waals surface area contributed by atoms with E-state index in [0.717, 1.165) is 0 Å². The molecule has 1 atom stereocenters. The molecule has 0 aromatic heterocycles. The molecule has 0 N–H and O–H groups in total. The number of benzene rings is 1. The smallest absolute Gasteiger partial charge is 0.271 e. The molecule has 0 spiro atoms. The van der Waals surface area contributed by atoms with Crippen LogP contribution in [-0.2, 0) is 0 Å². The van der Waals surface area contributed by atoms with Crippen molar-refractivity contribution in [2.75, 3.05) is 12.4 Å². The van der Waals surface area contributed by atoms with Crippen molar-refractivity contribution in [3.63, 3.8) is 0 Å². The molecule has 0 amide bonds. The maximum Gasteiger partial charge on any atom is 0.271 e. The molecule has 0 aliphatic carbocycles. The number of thiol groups is 1. The second-order valence-corrected chi connectivity index (χ2v) is 7.63. The number of nitro benzene ring substituents is 1. The first-order valence-corrected chi connectivity index (χ1v) is 8.25. The van der Waals surface area contributed by atoms with Crippen LogP contribution in [0.25, 0.3) is 0 Å². The van der Waals surface area contributed by atoms with Crippen LogP contribution < -0.4 is 4.74 Å². The zero-order valence-corrected chi connectivity index (χ0v) is 15.6. The summed E-state index contributed by atoms with van der Waals surface area (Å²) >= 11 is 11.0. The van der Waals surface area contributed by atoms with Crippen LogP contribution in [-0.4, -0.2) is 17.3 Å². The van der Waals surface area contributed by atoms with Crippen LogP contribution in [0.1, 0.15) is 20.8 Å². The minimum absolute atomic E-state index is 0.0117. The topological polar surface area (TPSA) is 52.4 Å². The van der Waals surface area contributed by atoms with E-state index in [1.165, 1.54) is 12.1 Å². The highest BCUT2D eigenvalue weighted by molar-refractivity contribution is 9.11. The number of nitro groups is 1. The van der Waals surface area contributed by atoms with Crippen molar-refractivity contribution >= 4 is 50.2 Å². The highest BCUT2D eigenvalue weighted by Crippen LogP contribution is 2.38. The Balaban J connectivity index is 2.91. The molecular formula is C13H17Br2NO3S. The number of nitrogens with zero attached hydrogens (tertiary/aromatic N) is 1. The van der Waals surface area contributed by atoms with Gasteiger partial charge in [-0.05, 0) is 43.0 Å². The summed E-state index contributed by atoms with van der Waals surface area (Å²) in [5.74, 6) is 1.57. The lowest BCUT2D eigenvalue weighted by molar-refractivity contribution is -0.385. The van der Waals surface area contributed by atoms with Gasteiger partial charge in [-0.3, -0.25) is 10.1 Å². The average Bonchev–Trinajstić information content (AvgIpc) is 2.30. The van der Waals surface area contributed by atoms with E-state index >= 15 is 0 Å². The van der Waals surface area contributed by atoms with E-state index in [0.29, 0.717) is 27.1 Å². The van der Waals surface area contributed by atoms with Crippen LogP contribution in [0, 0.1) is 21.4 Å². The number of halogens is 2. The standard InChI is InChI=1S/C13H17Br2NO3S/c1-13(2,3)8(7-20)6-19-12-10(14)4-9(16(17)18)5-11(12)15/h4-5,8,20H,6-7H2,1-3H3. The Bertz CT molecular complexity index is 480.